The molecule has 0 aromatic heterocycles. The Hall–Kier alpha value is -2.08. The summed E-state index contributed by atoms with van der Waals surface area (Å²) in [6.07, 6.45) is 2.30. The third kappa shape index (κ3) is 9.15. The smallest absolute Gasteiger partial charge is 0.414 e. The lowest BCUT2D eigenvalue weighted by Gasteiger charge is -2.16. The van der Waals surface area contributed by atoms with Crippen LogP contribution in [-0.4, -0.2) is 41.3 Å². The van der Waals surface area contributed by atoms with E-state index in [9.17, 15) is 0 Å². The number of rotatable bonds is 8. The van der Waals surface area contributed by atoms with Gasteiger partial charge in [-0.2, -0.15) is 0 Å². The molecule has 1 rings (SSSR count). The van der Waals surface area contributed by atoms with E-state index in [1.165, 1.54) is 5.56 Å². The molecule has 6 nitrogen and oxygen atoms in total. The molecule has 0 amide bonds. The topological polar surface area (TPSA) is 95.9 Å². The second kappa shape index (κ2) is 12.4. The molecule has 0 aliphatic heterocycles. The van der Waals surface area contributed by atoms with E-state index >= 15 is 0 Å². The van der Waals surface area contributed by atoms with Gasteiger partial charge in [0, 0.05) is 12.6 Å². The number of carboxylic acid groups (broad SMARTS) is 2. The number of hydrogen-bond acceptors (Lipinski definition) is 4. The summed E-state index contributed by atoms with van der Waals surface area (Å²) in [5.74, 6) is -2.05. The van der Waals surface area contributed by atoms with Gasteiger partial charge in [-0.05, 0) is 37.3 Å². The van der Waals surface area contributed by atoms with Gasteiger partial charge in [0.1, 0.15) is 12.4 Å². The van der Waals surface area contributed by atoms with E-state index in [1.807, 2.05) is 6.07 Å². The Bertz CT molecular complexity index is 492. The van der Waals surface area contributed by atoms with E-state index in [-0.39, 0.29) is 0 Å². The molecule has 0 fully saturated rings. The molecule has 2 atom stereocenters. The van der Waals surface area contributed by atoms with E-state index in [0.29, 0.717) is 12.0 Å². The molecule has 2 unspecified atom stereocenters. The average Bonchev–Trinajstić information content (AvgIpc) is 2.58. The molecule has 3 N–H and O–H groups in total. The molecule has 136 valence electrons. The third-order valence-electron chi connectivity index (χ3n) is 3.71. The van der Waals surface area contributed by atoms with Crippen molar-refractivity contribution in [1.82, 2.24) is 5.32 Å². The fourth-order valence-corrected chi connectivity index (χ4v) is 1.85. The van der Waals surface area contributed by atoms with Crippen LogP contribution in [0.1, 0.15) is 52.0 Å². The molecule has 0 radical (unpaired) electrons. The van der Waals surface area contributed by atoms with E-state index in [1.54, 1.807) is 0 Å². The first-order valence-corrected chi connectivity index (χ1v) is 8.24. The van der Waals surface area contributed by atoms with E-state index < -0.39 is 11.9 Å². The normalized spacial score (nSPS) is 12.5. The van der Waals surface area contributed by atoms with Crippen LogP contribution in [0.15, 0.2) is 24.3 Å². The van der Waals surface area contributed by atoms with Gasteiger partial charge in [0.15, 0.2) is 0 Å². The lowest BCUT2D eigenvalue weighted by Crippen LogP contribution is -2.29. The van der Waals surface area contributed by atoms with Gasteiger partial charge in [0.2, 0.25) is 0 Å². The summed E-state index contributed by atoms with van der Waals surface area (Å²) in [5.41, 5.74) is 1.32. The van der Waals surface area contributed by atoms with Crippen LogP contribution in [0.5, 0.6) is 5.75 Å². The number of carboxylic acids is 2. The zero-order valence-electron chi connectivity index (χ0n) is 14.9. The highest BCUT2D eigenvalue weighted by molar-refractivity contribution is 6.27. The maximum absolute atomic E-state index is 9.10. The molecule has 1 aromatic rings. The van der Waals surface area contributed by atoms with E-state index in [2.05, 4.69) is 51.2 Å². The van der Waals surface area contributed by atoms with Crippen LogP contribution in [0.2, 0.25) is 0 Å². The fourth-order valence-electron chi connectivity index (χ4n) is 1.85. The van der Waals surface area contributed by atoms with Crippen LogP contribution in [0, 0.1) is 0 Å². The van der Waals surface area contributed by atoms with Gasteiger partial charge in [-0.3, -0.25) is 0 Å². The molecule has 24 heavy (non-hydrogen) atoms. The quantitative estimate of drug-likeness (QED) is 0.497. The molecule has 0 saturated carbocycles. The number of benzene rings is 1. The molecule has 0 saturated heterocycles. The van der Waals surface area contributed by atoms with Crippen LogP contribution < -0.4 is 10.1 Å². The minimum atomic E-state index is -1.82. The van der Waals surface area contributed by atoms with Crippen molar-refractivity contribution in [2.75, 3.05) is 13.2 Å². The van der Waals surface area contributed by atoms with Crippen molar-refractivity contribution < 1.29 is 24.5 Å². The largest absolute Gasteiger partial charge is 0.492 e. The van der Waals surface area contributed by atoms with Crippen LogP contribution in [0.25, 0.3) is 0 Å². The zero-order chi connectivity index (χ0) is 18.5. The second-order valence-corrected chi connectivity index (χ2v) is 5.57. The molecular formula is C18H29NO5. The number of ether oxygens (including phenoxy) is 1. The zero-order valence-corrected chi connectivity index (χ0v) is 14.9. The Morgan fingerprint density at radius 1 is 1.08 bits per heavy atom. The van der Waals surface area contributed by atoms with Gasteiger partial charge in [-0.25, -0.2) is 9.59 Å². The van der Waals surface area contributed by atoms with Gasteiger partial charge >= 0.3 is 11.9 Å². The highest BCUT2D eigenvalue weighted by Crippen LogP contribution is 2.28. The van der Waals surface area contributed by atoms with Gasteiger partial charge < -0.3 is 20.3 Å². The van der Waals surface area contributed by atoms with Crippen LogP contribution in [-0.2, 0) is 9.59 Å². The molecule has 0 heterocycles. The Labute approximate surface area is 143 Å². The SMILES string of the molecule is CCC(C)NCCOc1ccccc1C(C)CC.O=C(O)C(=O)O. The molecule has 6 heteroatoms. The van der Waals surface area contributed by atoms with Crippen LogP contribution in [0.4, 0.5) is 0 Å². The first kappa shape index (κ1) is 21.9. The van der Waals surface area contributed by atoms with E-state index in [0.717, 1.165) is 31.7 Å². The summed E-state index contributed by atoms with van der Waals surface area (Å²) in [6.45, 7) is 10.5. The van der Waals surface area contributed by atoms with E-state index in [4.69, 9.17) is 24.5 Å². The molecular weight excluding hydrogens is 310 g/mol. The van der Waals surface area contributed by atoms with Gasteiger partial charge in [-0.15, -0.1) is 0 Å². The van der Waals surface area contributed by atoms with Gasteiger partial charge in [0.05, 0.1) is 0 Å². The predicted octanol–water partition coefficient (Wildman–Crippen LogP) is 3.12. The highest BCUT2D eigenvalue weighted by atomic mass is 16.5. The number of para-hydroxylation sites is 1. The number of aliphatic carboxylic acids is 2. The third-order valence-corrected chi connectivity index (χ3v) is 3.71. The van der Waals surface area contributed by atoms with Crippen molar-refractivity contribution in [2.24, 2.45) is 0 Å². The van der Waals surface area contributed by atoms with Gasteiger partial charge in [-0.1, -0.05) is 39.0 Å². The Morgan fingerprint density at radius 2 is 1.67 bits per heavy atom. The summed E-state index contributed by atoms with van der Waals surface area (Å²) < 4.78 is 5.89. The maximum atomic E-state index is 9.10. The van der Waals surface area contributed by atoms with Crippen molar-refractivity contribution >= 4 is 11.9 Å². The Balaban J connectivity index is 0.000000754. The summed E-state index contributed by atoms with van der Waals surface area (Å²) >= 11 is 0. The fraction of sp³-hybridized carbons (Fsp3) is 0.556. The van der Waals surface area contributed by atoms with Crippen LogP contribution in [0.3, 0.4) is 0 Å². The summed E-state index contributed by atoms with van der Waals surface area (Å²) in [5, 5.41) is 18.2. The Kier molecular flexibility index (Phi) is 11.3. The number of nitrogens with one attached hydrogen (secondary N) is 1. The molecule has 0 spiro atoms. The molecule has 0 bridgehead atoms. The minimum absolute atomic E-state index is 0.559. The van der Waals surface area contributed by atoms with Crippen molar-refractivity contribution in [3.05, 3.63) is 29.8 Å². The highest BCUT2D eigenvalue weighted by Gasteiger charge is 2.09. The first-order chi connectivity index (χ1) is 11.3. The molecule has 0 aliphatic carbocycles. The first-order valence-electron chi connectivity index (χ1n) is 8.24. The summed E-state index contributed by atoms with van der Waals surface area (Å²) in [4.78, 5) is 18.2. The van der Waals surface area contributed by atoms with Crippen LogP contribution >= 0.6 is 0 Å². The van der Waals surface area contributed by atoms with Crippen molar-refractivity contribution in [1.29, 1.82) is 0 Å². The van der Waals surface area contributed by atoms with Gasteiger partial charge in [0.25, 0.3) is 0 Å². The average molecular weight is 339 g/mol. The predicted molar refractivity (Wildman–Crippen MR) is 93.7 cm³/mol. The lowest BCUT2D eigenvalue weighted by atomic mass is 9.98. The second-order valence-electron chi connectivity index (χ2n) is 5.57. The number of carbonyl (C=O) groups is 2. The summed E-state index contributed by atoms with van der Waals surface area (Å²) in [7, 11) is 0. The monoisotopic (exact) mass is 339 g/mol. The van der Waals surface area contributed by atoms with Crippen molar-refractivity contribution in [3.8, 4) is 5.75 Å². The molecule has 0 aliphatic rings. The number of hydrogen-bond donors (Lipinski definition) is 3. The summed E-state index contributed by atoms with van der Waals surface area (Å²) in [6, 6.07) is 8.95. The Morgan fingerprint density at radius 3 is 2.17 bits per heavy atom. The standard InChI is InChI=1S/C16H27NO.C2H2O4/c1-5-13(3)15-9-7-8-10-16(15)18-12-11-17-14(4)6-2;3-1(4)2(5)6/h7-10,13-14,17H,5-6,11-12H2,1-4H3;(H,3,4)(H,5,6). The molecule has 1 aromatic carbocycles. The van der Waals surface area contributed by atoms with Crippen molar-refractivity contribution in [2.45, 2.75) is 52.5 Å². The lowest BCUT2D eigenvalue weighted by molar-refractivity contribution is -0.159. The van der Waals surface area contributed by atoms with Crippen molar-refractivity contribution in [3.63, 3.8) is 0 Å². The minimum Gasteiger partial charge on any atom is -0.492 e. The maximum Gasteiger partial charge on any atom is 0.414 e.